The first-order valence-corrected chi connectivity index (χ1v) is 4.62. The Balaban J connectivity index is 2.27. The molecule has 1 aromatic carbocycles. The molecule has 4 nitrogen and oxygen atoms in total. The fraction of sp³-hybridized carbons (Fsp3) is 0.111. The first kappa shape index (κ1) is 9.92. The van der Waals surface area contributed by atoms with Crippen molar-refractivity contribution < 1.29 is 4.39 Å². The third kappa shape index (κ3) is 2.24. The molecule has 0 radical (unpaired) electrons. The predicted octanol–water partition coefficient (Wildman–Crippen LogP) is 1.70. The van der Waals surface area contributed by atoms with Crippen LogP contribution in [0, 0.1) is 5.82 Å². The Hall–Kier alpha value is -1.62. The molecule has 1 heterocycles. The highest BCUT2D eigenvalue weighted by Crippen LogP contribution is 2.15. The molecule has 0 amide bonds. The van der Waals surface area contributed by atoms with Crippen molar-refractivity contribution in [3.63, 3.8) is 0 Å². The summed E-state index contributed by atoms with van der Waals surface area (Å²) in [6.07, 6.45) is 1.41. The number of rotatable bonds is 2. The van der Waals surface area contributed by atoms with Crippen LogP contribution < -0.4 is 5.73 Å². The summed E-state index contributed by atoms with van der Waals surface area (Å²) in [5.41, 5.74) is 5.81. The van der Waals surface area contributed by atoms with Crippen LogP contribution in [0.15, 0.2) is 24.4 Å². The first-order valence-electron chi connectivity index (χ1n) is 4.24. The normalized spacial score (nSPS) is 10.5. The molecule has 1 aromatic heterocycles. The van der Waals surface area contributed by atoms with Crippen molar-refractivity contribution >= 4 is 17.4 Å². The molecule has 78 valence electrons. The number of anilines is 1. The Bertz CT molecular complexity index is 483. The Morgan fingerprint density at radius 3 is 2.93 bits per heavy atom. The Kier molecular flexibility index (Phi) is 2.55. The van der Waals surface area contributed by atoms with E-state index in [-0.39, 0.29) is 12.4 Å². The van der Waals surface area contributed by atoms with Crippen LogP contribution in [0.3, 0.4) is 0 Å². The highest BCUT2D eigenvalue weighted by Gasteiger charge is 2.05. The molecule has 0 spiro atoms. The molecule has 2 N–H and O–H groups in total. The fourth-order valence-corrected chi connectivity index (χ4v) is 1.40. The molecule has 0 aliphatic carbocycles. The maximum Gasteiger partial charge on any atom is 0.165 e. The maximum absolute atomic E-state index is 13.3. The van der Waals surface area contributed by atoms with E-state index >= 15 is 0 Å². The number of benzene rings is 1. The van der Waals surface area contributed by atoms with Crippen LogP contribution in [-0.4, -0.2) is 15.0 Å². The van der Waals surface area contributed by atoms with Crippen molar-refractivity contribution in [2.24, 2.45) is 0 Å². The second-order valence-electron chi connectivity index (χ2n) is 3.04. The van der Waals surface area contributed by atoms with Gasteiger partial charge in [0.2, 0.25) is 0 Å². The SMILES string of the molecule is Nc1cnn(Cc2cc(Cl)ccc2F)n1. The fourth-order valence-electron chi connectivity index (χ4n) is 1.20. The minimum atomic E-state index is -0.338. The summed E-state index contributed by atoms with van der Waals surface area (Å²) >= 11 is 5.75. The van der Waals surface area contributed by atoms with Gasteiger partial charge in [0.05, 0.1) is 12.7 Å². The lowest BCUT2D eigenvalue weighted by molar-refractivity contribution is 0.550. The largest absolute Gasteiger partial charge is 0.381 e. The molecule has 2 aromatic rings. The van der Waals surface area contributed by atoms with Crippen molar-refractivity contribution in [2.75, 3.05) is 5.73 Å². The quantitative estimate of drug-likeness (QED) is 0.848. The molecule has 0 aliphatic rings. The van der Waals surface area contributed by atoms with Gasteiger partial charge in [0.25, 0.3) is 0 Å². The van der Waals surface area contributed by atoms with Crippen LogP contribution in [0.25, 0.3) is 0 Å². The minimum Gasteiger partial charge on any atom is -0.381 e. The third-order valence-electron chi connectivity index (χ3n) is 1.87. The van der Waals surface area contributed by atoms with Gasteiger partial charge in [-0.15, -0.1) is 5.10 Å². The minimum absolute atomic E-state index is 0.212. The molecule has 6 heteroatoms. The third-order valence-corrected chi connectivity index (χ3v) is 2.11. The van der Waals surface area contributed by atoms with Crippen molar-refractivity contribution in [3.05, 3.63) is 40.8 Å². The van der Waals surface area contributed by atoms with Gasteiger partial charge >= 0.3 is 0 Å². The molecular weight excluding hydrogens is 219 g/mol. The highest BCUT2D eigenvalue weighted by molar-refractivity contribution is 6.30. The standard InChI is InChI=1S/C9H8ClFN4/c10-7-1-2-8(11)6(3-7)5-15-13-4-9(12)14-15/h1-4H,5H2,(H2,12,14). The molecule has 0 saturated heterocycles. The summed E-state index contributed by atoms with van der Waals surface area (Å²) < 4.78 is 13.3. The van der Waals surface area contributed by atoms with E-state index in [1.807, 2.05) is 0 Å². The molecule has 0 atom stereocenters. The van der Waals surface area contributed by atoms with Gasteiger partial charge in [0.15, 0.2) is 5.82 Å². The number of nitrogens with zero attached hydrogens (tertiary/aromatic N) is 3. The summed E-state index contributed by atoms with van der Waals surface area (Å²) in [4.78, 5) is 1.31. The van der Waals surface area contributed by atoms with E-state index < -0.39 is 0 Å². The van der Waals surface area contributed by atoms with Crippen molar-refractivity contribution in [2.45, 2.75) is 6.54 Å². The molecule has 0 saturated carbocycles. The van der Waals surface area contributed by atoms with E-state index in [0.717, 1.165) is 0 Å². The average Bonchev–Trinajstić information content (AvgIpc) is 2.58. The lowest BCUT2D eigenvalue weighted by Crippen LogP contribution is -2.05. The lowest BCUT2D eigenvalue weighted by atomic mass is 10.2. The molecular formula is C9H8ClFN4. The van der Waals surface area contributed by atoms with Crippen molar-refractivity contribution in [1.29, 1.82) is 0 Å². The van der Waals surface area contributed by atoms with Gasteiger partial charge in [-0.1, -0.05) is 11.6 Å². The van der Waals surface area contributed by atoms with E-state index in [1.165, 1.54) is 29.2 Å². The van der Waals surface area contributed by atoms with E-state index in [9.17, 15) is 4.39 Å². The number of nitrogens with two attached hydrogens (primary N) is 1. The zero-order chi connectivity index (χ0) is 10.8. The lowest BCUT2D eigenvalue weighted by Gasteiger charge is -2.02. The van der Waals surface area contributed by atoms with Gasteiger partial charge < -0.3 is 5.73 Å². The van der Waals surface area contributed by atoms with Crippen LogP contribution in [0.5, 0.6) is 0 Å². The Morgan fingerprint density at radius 2 is 2.27 bits per heavy atom. The van der Waals surface area contributed by atoms with Gasteiger partial charge in [0.1, 0.15) is 5.82 Å². The molecule has 0 fully saturated rings. The number of aromatic nitrogens is 3. The monoisotopic (exact) mass is 226 g/mol. The van der Waals surface area contributed by atoms with Crippen LogP contribution in [-0.2, 0) is 6.54 Å². The second-order valence-corrected chi connectivity index (χ2v) is 3.47. The van der Waals surface area contributed by atoms with Crippen LogP contribution in [0.4, 0.5) is 10.2 Å². The van der Waals surface area contributed by atoms with E-state index in [2.05, 4.69) is 10.2 Å². The zero-order valence-electron chi connectivity index (χ0n) is 7.69. The summed E-state index contributed by atoms with van der Waals surface area (Å²) in [6, 6.07) is 4.34. The first-order chi connectivity index (χ1) is 7.15. The summed E-state index contributed by atoms with van der Waals surface area (Å²) in [6.45, 7) is 0.212. The van der Waals surface area contributed by atoms with Crippen LogP contribution >= 0.6 is 11.6 Å². The Labute approximate surface area is 90.5 Å². The van der Waals surface area contributed by atoms with E-state index in [0.29, 0.717) is 16.4 Å². The van der Waals surface area contributed by atoms with Crippen molar-refractivity contribution in [3.8, 4) is 0 Å². The summed E-state index contributed by atoms with van der Waals surface area (Å²) in [5, 5.41) is 8.18. The van der Waals surface area contributed by atoms with E-state index in [4.69, 9.17) is 17.3 Å². The molecule has 2 rings (SSSR count). The van der Waals surface area contributed by atoms with Crippen LogP contribution in [0.1, 0.15) is 5.56 Å². The second kappa shape index (κ2) is 3.86. The topological polar surface area (TPSA) is 56.7 Å². The van der Waals surface area contributed by atoms with Crippen molar-refractivity contribution in [1.82, 2.24) is 15.0 Å². The molecule has 15 heavy (non-hydrogen) atoms. The van der Waals surface area contributed by atoms with Crippen LogP contribution in [0.2, 0.25) is 5.02 Å². The van der Waals surface area contributed by atoms with Gasteiger partial charge in [0, 0.05) is 10.6 Å². The number of halogens is 2. The summed E-state index contributed by atoms with van der Waals surface area (Å²) in [5.74, 6) is -0.0345. The highest BCUT2D eigenvalue weighted by atomic mass is 35.5. The average molecular weight is 227 g/mol. The van der Waals surface area contributed by atoms with Gasteiger partial charge in [-0.05, 0) is 18.2 Å². The molecule has 0 bridgehead atoms. The smallest absolute Gasteiger partial charge is 0.165 e. The summed E-state index contributed by atoms with van der Waals surface area (Å²) in [7, 11) is 0. The maximum atomic E-state index is 13.3. The number of hydrogen-bond acceptors (Lipinski definition) is 3. The van der Waals surface area contributed by atoms with Gasteiger partial charge in [-0.2, -0.15) is 9.90 Å². The number of hydrogen-bond donors (Lipinski definition) is 1. The Morgan fingerprint density at radius 1 is 1.47 bits per heavy atom. The predicted molar refractivity (Wildman–Crippen MR) is 54.9 cm³/mol. The zero-order valence-corrected chi connectivity index (χ0v) is 8.45. The number of nitrogen functional groups attached to an aromatic ring is 1. The molecule has 0 aliphatic heterocycles. The van der Waals surface area contributed by atoms with Gasteiger partial charge in [-0.25, -0.2) is 4.39 Å². The van der Waals surface area contributed by atoms with E-state index in [1.54, 1.807) is 0 Å². The molecule has 0 unspecified atom stereocenters. The van der Waals surface area contributed by atoms with Gasteiger partial charge in [-0.3, -0.25) is 0 Å².